The van der Waals surface area contributed by atoms with Crippen LogP contribution in [0.15, 0.2) is 42.5 Å². The first-order chi connectivity index (χ1) is 11.7. The molecule has 5 heteroatoms. The largest absolute Gasteiger partial charge is 0.497 e. The van der Waals surface area contributed by atoms with Crippen molar-refractivity contribution in [1.82, 2.24) is 5.32 Å². The Morgan fingerprint density at radius 3 is 2.33 bits per heavy atom. The van der Waals surface area contributed by atoms with Gasteiger partial charge in [0, 0.05) is 12.6 Å². The van der Waals surface area contributed by atoms with E-state index < -0.39 is 0 Å². The molecule has 2 aromatic carbocycles. The number of benzene rings is 2. The van der Waals surface area contributed by atoms with Crippen LogP contribution in [-0.4, -0.2) is 26.7 Å². The van der Waals surface area contributed by atoms with Gasteiger partial charge in [-0.25, -0.2) is 0 Å². The fraction of sp³-hybridized carbons (Fsp3) is 0.316. The normalized spacial score (nSPS) is 10.1. The lowest BCUT2D eigenvalue weighted by Crippen LogP contribution is -2.23. The molecule has 0 aliphatic rings. The van der Waals surface area contributed by atoms with Crippen LogP contribution in [0.2, 0.25) is 0 Å². The third-order valence-electron chi connectivity index (χ3n) is 3.50. The first kappa shape index (κ1) is 17.7. The zero-order chi connectivity index (χ0) is 17.4. The smallest absolute Gasteiger partial charge is 0.255 e. The molecule has 0 unspecified atom stereocenters. The van der Waals surface area contributed by atoms with Crippen LogP contribution in [-0.2, 0) is 6.54 Å². The molecular formula is C19H23NO4. The van der Waals surface area contributed by atoms with Crippen LogP contribution in [0, 0.1) is 0 Å². The van der Waals surface area contributed by atoms with Crippen molar-refractivity contribution >= 4 is 5.91 Å². The molecule has 0 saturated heterocycles. The standard InChI is InChI=1S/C19H23NO4/c1-4-11-24-15-7-5-14(6-8-15)13-20-19(21)17-10-9-16(22-2)12-18(17)23-3/h5-10,12H,4,11,13H2,1-3H3,(H,20,21). The topological polar surface area (TPSA) is 56.8 Å². The second-order valence-corrected chi connectivity index (χ2v) is 5.24. The summed E-state index contributed by atoms with van der Waals surface area (Å²) < 4.78 is 15.9. The summed E-state index contributed by atoms with van der Waals surface area (Å²) in [6.45, 7) is 3.20. The first-order valence-corrected chi connectivity index (χ1v) is 7.90. The van der Waals surface area contributed by atoms with E-state index in [9.17, 15) is 4.79 Å². The molecule has 0 fully saturated rings. The van der Waals surface area contributed by atoms with Crippen molar-refractivity contribution in [1.29, 1.82) is 0 Å². The third-order valence-corrected chi connectivity index (χ3v) is 3.50. The third kappa shape index (κ3) is 4.65. The summed E-state index contributed by atoms with van der Waals surface area (Å²) in [5.74, 6) is 1.77. The van der Waals surface area contributed by atoms with Crippen molar-refractivity contribution in [2.45, 2.75) is 19.9 Å². The Morgan fingerprint density at radius 2 is 1.71 bits per heavy atom. The monoisotopic (exact) mass is 329 g/mol. The zero-order valence-corrected chi connectivity index (χ0v) is 14.3. The highest BCUT2D eigenvalue weighted by molar-refractivity contribution is 5.97. The van der Waals surface area contributed by atoms with Crippen molar-refractivity contribution in [2.24, 2.45) is 0 Å². The maximum atomic E-state index is 12.3. The van der Waals surface area contributed by atoms with Gasteiger partial charge < -0.3 is 19.5 Å². The summed E-state index contributed by atoms with van der Waals surface area (Å²) in [5, 5.41) is 2.89. The van der Waals surface area contributed by atoms with Crippen molar-refractivity contribution < 1.29 is 19.0 Å². The molecule has 0 atom stereocenters. The highest BCUT2D eigenvalue weighted by Gasteiger charge is 2.13. The highest BCUT2D eigenvalue weighted by Crippen LogP contribution is 2.24. The second kappa shape index (κ2) is 8.82. The second-order valence-electron chi connectivity index (χ2n) is 5.24. The van der Waals surface area contributed by atoms with Gasteiger partial charge >= 0.3 is 0 Å². The van der Waals surface area contributed by atoms with Crippen LogP contribution in [0.1, 0.15) is 29.3 Å². The van der Waals surface area contributed by atoms with E-state index in [-0.39, 0.29) is 5.91 Å². The van der Waals surface area contributed by atoms with Gasteiger partial charge in [-0.05, 0) is 36.2 Å². The van der Waals surface area contributed by atoms with E-state index in [4.69, 9.17) is 14.2 Å². The first-order valence-electron chi connectivity index (χ1n) is 7.90. The molecule has 0 aliphatic heterocycles. The Kier molecular flexibility index (Phi) is 6.49. The average Bonchev–Trinajstić information content (AvgIpc) is 2.64. The minimum atomic E-state index is -0.194. The molecule has 2 rings (SSSR count). The molecule has 0 radical (unpaired) electrons. The predicted molar refractivity (Wildman–Crippen MR) is 92.9 cm³/mol. The number of rotatable bonds is 8. The van der Waals surface area contributed by atoms with Crippen LogP contribution < -0.4 is 19.5 Å². The number of amides is 1. The Morgan fingerprint density at radius 1 is 1.00 bits per heavy atom. The van der Waals surface area contributed by atoms with E-state index in [0.717, 1.165) is 17.7 Å². The van der Waals surface area contributed by atoms with E-state index in [0.29, 0.717) is 30.2 Å². The molecule has 0 saturated carbocycles. The molecule has 24 heavy (non-hydrogen) atoms. The van der Waals surface area contributed by atoms with Crippen molar-refractivity contribution in [3.05, 3.63) is 53.6 Å². The van der Waals surface area contributed by atoms with Gasteiger partial charge in [0.15, 0.2) is 0 Å². The van der Waals surface area contributed by atoms with E-state index in [1.54, 1.807) is 25.3 Å². The van der Waals surface area contributed by atoms with Gasteiger partial charge in [0.2, 0.25) is 0 Å². The fourth-order valence-corrected chi connectivity index (χ4v) is 2.19. The van der Waals surface area contributed by atoms with Gasteiger partial charge in [0.1, 0.15) is 17.2 Å². The Labute approximate surface area is 142 Å². The van der Waals surface area contributed by atoms with Crippen molar-refractivity contribution in [2.75, 3.05) is 20.8 Å². The lowest BCUT2D eigenvalue weighted by molar-refractivity contribution is 0.0948. The number of hydrogen-bond acceptors (Lipinski definition) is 4. The SMILES string of the molecule is CCCOc1ccc(CNC(=O)c2ccc(OC)cc2OC)cc1. The average molecular weight is 329 g/mol. The molecule has 0 aromatic heterocycles. The summed E-state index contributed by atoms with van der Waals surface area (Å²) in [7, 11) is 3.10. The van der Waals surface area contributed by atoms with Gasteiger partial charge in [-0.2, -0.15) is 0 Å². The quantitative estimate of drug-likeness (QED) is 0.806. The molecule has 2 aromatic rings. The molecule has 0 heterocycles. The maximum Gasteiger partial charge on any atom is 0.255 e. The van der Waals surface area contributed by atoms with Crippen LogP contribution in [0.3, 0.4) is 0 Å². The van der Waals surface area contributed by atoms with Crippen LogP contribution in [0.25, 0.3) is 0 Å². The van der Waals surface area contributed by atoms with E-state index in [1.165, 1.54) is 7.11 Å². The van der Waals surface area contributed by atoms with Gasteiger partial charge in [-0.1, -0.05) is 19.1 Å². The maximum absolute atomic E-state index is 12.3. The lowest BCUT2D eigenvalue weighted by Gasteiger charge is -2.11. The zero-order valence-electron chi connectivity index (χ0n) is 14.3. The van der Waals surface area contributed by atoms with Crippen LogP contribution in [0.4, 0.5) is 0 Å². The summed E-state index contributed by atoms with van der Waals surface area (Å²) in [6, 6.07) is 12.8. The highest BCUT2D eigenvalue weighted by atomic mass is 16.5. The molecular weight excluding hydrogens is 306 g/mol. The van der Waals surface area contributed by atoms with Gasteiger partial charge in [0.25, 0.3) is 5.91 Å². The number of ether oxygens (including phenoxy) is 3. The number of carbonyl (C=O) groups is 1. The Hall–Kier alpha value is -2.69. The van der Waals surface area contributed by atoms with Gasteiger partial charge in [-0.15, -0.1) is 0 Å². The number of nitrogens with one attached hydrogen (secondary N) is 1. The van der Waals surface area contributed by atoms with E-state index in [1.807, 2.05) is 24.3 Å². The van der Waals surface area contributed by atoms with Gasteiger partial charge in [0.05, 0.1) is 26.4 Å². The summed E-state index contributed by atoms with van der Waals surface area (Å²) in [5.41, 5.74) is 1.47. The predicted octanol–water partition coefficient (Wildman–Crippen LogP) is 3.42. The molecule has 0 aliphatic carbocycles. The Bertz CT molecular complexity index is 668. The Balaban J connectivity index is 1.97. The molecule has 5 nitrogen and oxygen atoms in total. The van der Waals surface area contributed by atoms with E-state index in [2.05, 4.69) is 12.2 Å². The molecule has 0 bridgehead atoms. The molecule has 1 N–H and O–H groups in total. The summed E-state index contributed by atoms with van der Waals surface area (Å²) >= 11 is 0. The number of methoxy groups -OCH3 is 2. The molecule has 1 amide bonds. The minimum absolute atomic E-state index is 0.194. The lowest BCUT2D eigenvalue weighted by atomic mass is 10.1. The van der Waals surface area contributed by atoms with Crippen molar-refractivity contribution in [3.63, 3.8) is 0 Å². The minimum Gasteiger partial charge on any atom is -0.497 e. The number of hydrogen-bond donors (Lipinski definition) is 1. The molecule has 128 valence electrons. The number of carbonyl (C=O) groups excluding carboxylic acids is 1. The van der Waals surface area contributed by atoms with Crippen molar-refractivity contribution in [3.8, 4) is 17.2 Å². The van der Waals surface area contributed by atoms with Gasteiger partial charge in [-0.3, -0.25) is 4.79 Å². The fourth-order valence-electron chi connectivity index (χ4n) is 2.19. The summed E-state index contributed by atoms with van der Waals surface area (Å²) in [6.07, 6.45) is 0.974. The van der Waals surface area contributed by atoms with Crippen LogP contribution in [0.5, 0.6) is 17.2 Å². The molecule has 0 spiro atoms. The van der Waals surface area contributed by atoms with E-state index >= 15 is 0 Å². The van der Waals surface area contributed by atoms with Crippen LogP contribution >= 0.6 is 0 Å². The summed E-state index contributed by atoms with van der Waals surface area (Å²) in [4.78, 5) is 12.3.